The number of nitrogens with zero attached hydrogens (tertiary/aromatic N) is 1. The zero-order chi connectivity index (χ0) is 38.9. The Kier molecular flexibility index (Phi) is 9.39. The molecule has 4 N–H and O–H groups in total. The standard InChI is InChI=1S/C43H48FN3O7Si/c1-42(2,3)55(4,5)54-43-29(36(45)38-34(40(43)50)41(47-53-38)52-23-25-15-10-7-11-16-25)20-26-19-28-33(37(48)32(26)39(43)49)31(51-22-24-13-8-6-9-14-24)21-27(35(28)44)30-17-12-18-46-30/h6-11,13-16,21,26,29-30,36,46,48H,12,17-20,22-23,45H2,1-5H3/t26-,29-,30?,36-,43-/m0/s1. The van der Waals surface area contributed by atoms with Crippen LogP contribution in [0, 0.1) is 17.7 Å². The Labute approximate surface area is 321 Å². The van der Waals surface area contributed by atoms with Crippen LogP contribution in [0.2, 0.25) is 18.1 Å². The van der Waals surface area contributed by atoms with Gasteiger partial charge in [0.25, 0.3) is 5.88 Å². The van der Waals surface area contributed by atoms with Crippen LogP contribution in [0.25, 0.3) is 5.76 Å². The van der Waals surface area contributed by atoms with Gasteiger partial charge in [0.2, 0.25) is 11.6 Å². The summed E-state index contributed by atoms with van der Waals surface area (Å²) in [6.07, 6.45) is 1.90. The van der Waals surface area contributed by atoms with Gasteiger partial charge >= 0.3 is 0 Å². The highest BCUT2D eigenvalue weighted by Gasteiger charge is 2.68. The molecule has 1 saturated carbocycles. The molecule has 12 heteroatoms. The predicted molar refractivity (Wildman–Crippen MR) is 207 cm³/mol. The van der Waals surface area contributed by atoms with E-state index < -0.39 is 60.0 Å². The first kappa shape index (κ1) is 37.3. The van der Waals surface area contributed by atoms with Crippen molar-refractivity contribution in [2.75, 3.05) is 6.54 Å². The van der Waals surface area contributed by atoms with Crippen molar-refractivity contribution < 1.29 is 37.5 Å². The molecular weight excluding hydrogens is 718 g/mol. The van der Waals surface area contributed by atoms with Crippen molar-refractivity contribution in [1.29, 1.82) is 0 Å². The van der Waals surface area contributed by atoms with Crippen LogP contribution in [-0.4, -0.2) is 42.3 Å². The lowest BCUT2D eigenvalue weighted by atomic mass is 9.57. The molecule has 1 aliphatic heterocycles. The van der Waals surface area contributed by atoms with Gasteiger partial charge in [-0.1, -0.05) is 81.4 Å². The first-order valence-electron chi connectivity index (χ1n) is 19.1. The summed E-state index contributed by atoms with van der Waals surface area (Å²) in [6, 6.07) is 19.4. The maximum Gasteiger partial charge on any atom is 0.265 e. The van der Waals surface area contributed by atoms with E-state index in [1.54, 1.807) is 6.07 Å². The van der Waals surface area contributed by atoms with Crippen molar-refractivity contribution in [2.24, 2.45) is 17.6 Å². The van der Waals surface area contributed by atoms with Crippen LogP contribution in [0.5, 0.6) is 11.6 Å². The van der Waals surface area contributed by atoms with Crippen molar-refractivity contribution in [3.05, 3.63) is 117 Å². The molecule has 55 heavy (non-hydrogen) atoms. The summed E-state index contributed by atoms with van der Waals surface area (Å²) in [5.74, 6) is -3.44. The van der Waals surface area contributed by atoms with E-state index in [4.69, 9.17) is 24.2 Å². The zero-order valence-corrected chi connectivity index (χ0v) is 32.9. The number of ketones is 2. The summed E-state index contributed by atoms with van der Waals surface area (Å²) in [6.45, 7) is 11.0. The summed E-state index contributed by atoms with van der Waals surface area (Å²) < 4.78 is 42.1. The smallest absolute Gasteiger partial charge is 0.265 e. The second kappa shape index (κ2) is 13.8. The average molecular weight is 766 g/mol. The lowest BCUT2D eigenvalue weighted by molar-refractivity contribution is -0.138. The number of ether oxygens (including phenoxy) is 2. The molecule has 288 valence electrons. The number of hydrogen-bond acceptors (Lipinski definition) is 10. The third-order valence-electron chi connectivity index (χ3n) is 12.4. The van der Waals surface area contributed by atoms with Crippen molar-refractivity contribution in [2.45, 2.75) is 95.5 Å². The van der Waals surface area contributed by atoms with E-state index in [1.165, 1.54) is 0 Å². The van der Waals surface area contributed by atoms with E-state index in [-0.39, 0.29) is 71.8 Å². The third kappa shape index (κ3) is 6.14. The molecule has 0 radical (unpaired) electrons. The number of benzene rings is 3. The molecule has 0 spiro atoms. The predicted octanol–water partition coefficient (Wildman–Crippen LogP) is 8.08. The lowest BCUT2D eigenvalue weighted by Crippen LogP contribution is -2.68. The van der Waals surface area contributed by atoms with Crippen LogP contribution in [0.3, 0.4) is 0 Å². The number of aliphatic hydroxyl groups is 1. The molecule has 1 unspecified atom stereocenters. The minimum atomic E-state index is -2.94. The van der Waals surface area contributed by atoms with Gasteiger partial charge in [-0.25, -0.2) is 4.39 Å². The maximum absolute atomic E-state index is 16.8. The Bertz CT molecular complexity index is 2180. The Morgan fingerprint density at radius 1 is 1.00 bits per heavy atom. The van der Waals surface area contributed by atoms with Crippen LogP contribution < -0.4 is 20.5 Å². The monoisotopic (exact) mass is 765 g/mol. The molecular formula is C43H48FN3O7Si. The van der Waals surface area contributed by atoms with E-state index in [0.29, 0.717) is 5.56 Å². The fourth-order valence-corrected chi connectivity index (χ4v) is 9.98. The number of fused-ring (bicyclic) bond motifs is 4. The molecule has 0 amide bonds. The molecule has 8 rings (SSSR count). The molecule has 4 aliphatic rings. The Morgan fingerprint density at radius 3 is 2.27 bits per heavy atom. The molecule has 10 nitrogen and oxygen atoms in total. The van der Waals surface area contributed by atoms with Crippen LogP contribution in [0.15, 0.2) is 76.8 Å². The number of aromatic nitrogens is 1. The Hall–Kier alpha value is -4.62. The van der Waals surface area contributed by atoms with Gasteiger partial charge in [0.1, 0.15) is 36.1 Å². The van der Waals surface area contributed by atoms with Gasteiger partial charge in [-0.2, -0.15) is 0 Å². The van der Waals surface area contributed by atoms with Crippen LogP contribution in [0.1, 0.15) is 96.1 Å². The van der Waals surface area contributed by atoms with Crippen molar-refractivity contribution in [3.8, 4) is 11.6 Å². The van der Waals surface area contributed by atoms with Gasteiger partial charge in [0.15, 0.2) is 19.7 Å². The minimum Gasteiger partial charge on any atom is -0.507 e. The second-order valence-corrected chi connectivity index (χ2v) is 21.6. The van der Waals surface area contributed by atoms with Crippen molar-refractivity contribution >= 4 is 25.6 Å². The normalized spacial score (nSPS) is 24.9. The molecule has 1 saturated heterocycles. The highest BCUT2D eigenvalue weighted by Crippen LogP contribution is 2.58. The number of aliphatic hydroxyl groups excluding tert-OH is 1. The summed E-state index contributed by atoms with van der Waals surface area (Å²) in [4.78, 5) is 30.8. The second-order valence-electron chi connectivity index (χ2n) is 16.8. The average Bonchev–Trinajstić information content (AvgIpc) is 3.85. The van der Waals surface area contributed by atoms with Gasteiger partial charge in [0, 0.05) is 28.7 Å². The quantitative estimate of drug-likeness (QED) is 0.113. The summed E-state index contributed by atoms with van der Waals surface area (Å²) in [5.41, 5.74) is 7.48. The number of nitrogens with one attached hydrogen (secondary N) is 1. The topological polar surface area (TPSA) is 146 Å². The Balaban J connectivity index is 1.28. The van der Waals surface area contributed by atoms with E-state index in [1.807, 2.05) is 94.5 Å². The first-order valence-corrected chi connectivity index (χ1v) is 22.0. The highest BCUT2D eigenvalue weighted by atomic mass is 28.4. The van der Waals surface area contributed by atoms with Gasteiger partial charge in [-0.05, 0) is 78.6 Å². The van der Waals surface area contributed by atoms with Gasteiger partial charge in [-0.3, -0.25) is 9.59 Å². The molecule has 3 aromatic carbocycles. The Morgan fingerprint density at radius 2 is 1.65 bits per heavy atom. The van der Waals surface area contributed by atoms with Crippen LogP contribution in [-0.2, 0) is 28.9 Å². The van der Waals surface area contributed by atoms with Gasteiger partial charge < -0.3 is 34.6 Å². The molecule has 4 aromatic rings. The molecule has 5 atom stereocenters. The first-order chi connectivity index (χ1) is 26.2. The number of hydrogen-bond donors (Lipinski definition) is 3. The summed E-state index contributed by atoms with van der Waals surface area (Å²) in [7, 11) is -2.94. The number of rotatable bonds is 9. The number of nitrogens with two attached hydrogens (primary N) is 1. The van der Waals surface area contributed by atoms with Crippen LogP contribution >= 0.6 is 0 Å². The fourth-order valence-electron chi connectivity index (χ4n) is 8.54. The number of carbonyl (C=O) groups is 2. The number of carbonyl (C=O) groups excluding carboxylic acids is 2. The van der Waals surface area contributed by atoms with Gasteiger partial charge in [0.05, 0.1) is 11.6 Å². The van der Waals surface area contributed by atoms with E-state index in [2.05, 4.69) is 10.5 Å². The zero-order valence-electron chi connectivity index (χ0n) is 31.9. The third-order valence-corrected chi connectivity index (χ3v) is 16.9. The largest absolute Gasteiger partial charge is 0.507 e. The van der Waals surface area contributed by atoms with E-state index in [9.17, 15) is 5.11 Å². The van der Waals surface area contributed by atoms with E-state index in [0.717, 1.165) is 30.5 Å². The summed E-state index contributed by atoms with van der Waals surface area (Å²) >= 11 is 0. The highest BCUT2D eigenvalue weighted by molar-refractivity contribution is 6.74. The molecule has 1 aromatic heterocycles. The van der Waals surface area contributed by atoms with Crippen LogP contribution in [0.4, 0.5) is 4.39 Å². The molecule has 0 bridgehead atoms. The number of halogens is 1. The minimum absolute atomic E-state index is 0.0189. The lowest BCUT2D eigenvalue weighted by Gasteiger charge is -2.53. The number of Topliss-reactive ketones (excluding diaryl/α,β-unsaturated/α-hetero) is 2. The van der Waals surface area contributed by atoms with Gasteiger partial charge in [-0.15, -0.1) is 0 Å². The molecule has 2 heterocycles. The van der Waals surface area contributed by atoms with Crippen molar-refractivity contribution in [3.63, 3.8) is 0 Å². The maximum atomic E-state index is 16.8. The molecule has 2 fully saturated rings. The summed E-state index contributed by atoms with van der Waals surface area (Å²) in [5, 5.41) is 19.5. The van der Waals surface area contributed by atoms with E-state index >= 15 is 14.0 Å². The SMILES string of the molecule is CC(C)(C)[Si](C)(C)O[C@]12C(=O)C3=C(O)c4c(OCc5ccccc5)cc(C5CCCN5)c(F)c4C[C@H]3C[C@H]1[C@H](N)c1onc(OCc3ccccc3)c1C2=O. The fraction of sp³-hybridized carbons (Fsp3) is 0.419. The molecule has 3 aliphatic carbocycles. The van der Waals surface area contributed by atoms with Crippen molar-refractivity contribution in [1.82, 2.24) is 10.5 Å².